The maximum Gasteiger partial charge on any atom is 0.262 e. The molecule has 0 saturated carbocycles. The summed E-state index contributed by atoms with van der Waals surface area (Å²) in [6.07, 6.45) is 2.57. The molecule has 1 saturated heterocycles. The van der Waals surface area contributed by atoms with Crippen LogP contribution >= 0.6 is 0 Å². The highest BCUT2D eigenvalue weighted by atomic mass is 16.5. The van der Waals surface area contributed by atoms with Crippen LogP contribution in [0.25, 0.3) is 0 Å². The first-order chi connectivity index (χ1) is 13.5. The van der Waals surface area contributed by atoms with E-state index in [1.54, 1.807) is 0 Å². The quantitative estimate of drug-likeness (QED) is 0.730. The van der Waals surface area contributed by atoms with E-state index in [-0.39, 0.29) is 12.5 Å². The number of anilines is 1. The summed E-state index contributed by atoms with van der Waals surface area (Å²) in [7, 11) is 0. The molecule has 2 aromatic rings. The molecule has 0 atom stereocenters. The number of rotatable bonds is 7. The zero-order chi connectivity index (χ0) is 19.9. The molecule has 1 heterocycles. The van der Waals surface area contributed by atoms with Crippen LogP contribution in [0.1, 0.15) is 50.7 Å². The average Bonchev–Trinajstić information content (AvgIpc) is 2.70. The molecule has 1 aliphatic rings. The van der Waals surface area contributed by atoms with E-state index in [9.17, 15) is 4.79 Å². The van der Waals surface area contributed by atoms with Crippen molar-refractivity contribution in [2.75, 3.05) is 25.0 Å². The van der Waals surface area contributed by atoms with Crippen molar-refractivity contribution in [2.24, 2.45) is 5.92 Å². The Balaban J connectivity index is 1.46. The van der Waals surface area contributed by atoms with Gasteiger partial charge >= 0.3 is 0 Å². The topological polar surface area (TPSA) is 41.6 Å². The van der Waals surface area contributed by atoms with E-state index in [2.05, 4.69) is 49.2 Å². The van der Waals surface area contributed by atoms with Crippen LogP contribution in [0.4, 0.5) is 5.69 Å². The predicted octanol–water partition coefficient (Wildman–Crippen LogP) is 5.06. The SMILES string of the molecule is CC1CCN(Cc2ccc(NC(=O)COc3cccc(C(C)C)c3)cc2)CC1. The van der Waals surface area contributed by atoms with E-state index in [1.807, 2.05) is 30.3 Å². The van der Waals surface area contributed by atoms with Crippen LogP contribution in [-0.2, 0) is 11.3 Å². The molecule has 28 heavy (non-hydrogen) atoms. The van der Waals surface area contributed by atoms with Crippen molar-refractivity contribution >= 4 is 11.6 Å². The van der Waals surface area contributed by atoms with Crippen molar-refractivity contribution in [3.05, 3.63) is 59.7 Å². The van der Waals surface area contributed by atoms with Gasteiger partial charge in [-0.05, 0) is 73.2 Å². The smallest absolute Gasteiger partial charge is 0.262 e. The number of benzene rings is 2. The standard InChI is InChI=1S/C24H32N2O2/c1-18(2)21-5-4-6-23(15-21)28-17-24(27)25-22-9-7-20(8-10-22)16-26-13-11-19(3)12-14-26/h4-10,15,18-19H,11-14,16-17H2,1-3H3,(H,25,27). The van der Waals surface area contributed by atoms with Gasteiger partial charge in [0.1, 0.15) is 5.75 Å². The molecule has 1 amide bonds. The van der Waals surface area contributed by atoms with E-state index in [1.165, 1.54) is 37.1 Å². The van der Waals surface area contributed by atoms with E-state index in [4.69, 9.17) is 4.74 Å². The van der Waals surface area contributed by atoms with Gasteiger partial charge < -0.3 is 10.1 Å². The number of ether oxygens (including phenoxy) is 1. The molecule has 0 spiro atoms. The minimum Gasteiger partial charge on any atom is -0.484 e. The van der Waals surface area contributed by atoms with Gasteiger partial charge in [0, 0.05) is 12.2 Å². The fourth-order valence-electron chi connectivity index (χ4n) is 3.48. The maximum absolute atomic E-state index is 12.2. The predicted molar refractivity (Wildman–Crippen MR) is 115 cm³/mol. The molecular formula is C24H32N2O2. The Bertz CT molecular complexity index is 762. The van der Waals surface area contributed by atoms with Crippen molar-refractivity contribution in [3.8, 4) is 5.75 Å². The monoisotopic (exact) mass is 380 g/mol. The van der Waals surface area contributed by atoms with E-state index in [0.717, 1.165) is 23.9 Å². The molecular weight excluding hydrogens is 348 g/mol. The van der Waals surface area contributed by atoms with E-state index < -0.39 is 0 Å². The highest BCUT2D eigenvalue weighted by Crippen LogP contribution is 2.21. The molecule has 1 aliphatic heterocycles. The van der Waals surface area contributed by atoms with Crippen LogP contribution in [0.15, 0.2) is 48.5 Å². The Morgan fingerprint density at radius 3 is 2.54 bits per heavy atom. The second kappa shape index (κ2) is 9.74. The molecule has 0 bridgehead atoms. The number of amides is 1. The van der Waals surface area contributed by atoms with Crippen LogP contribution < -0.4 is 10.1 Å². The van der Waals surface area contributed by atoms with Gasteiger partial charge in [-0.2, -0.15) is 0 Å². The average molecular weight is 381 g/mol. The lowest BCUT2D eigenvalue weighted by Gasteiger charge is -2.30. The van der Waals surface area contributed by atoms with Crippen LogP contribution in [0.5, 0.6) is 5.75 Å². The fourth-order valence-corrected chi connectivity index (χ4v) is 3.48. The Morgan fingerprint density at radius 1 is 1.14 bits per heavy atom. The summed E-state index contributed by atoms with van der Waals surface area (Å²) in [6.45, 7) is 9.96. The third-order valence-corrected chi connectivity index (χ3v) is 5.41. The number of hydrogen-bond donors (Lipinski definition) is 1. The molecule has 4 heteroatoms. The first-order valence-electron chi connectivity index (χ1n) is 10.3. The summed E-state index contributed by atoms with van der Waals surface area (Å²) in [5.74, 6) is 1.87. The molecule has 0 aromatic heterocycles. The zero-order valence-corrected chi connectivity index (χ0v) is 17.3. The van der Waals surface area contributed by atoms with Gasteiger partial charge in [0.25, 0.3) is 5.91 Å². The number of piperidine rings is 1. The third-order valence-electron chi connectivity index (χ3n) is 5.41. The van der Waals surface area contributed by atoms with Gasteiger partial charge in [-0.1, -0.05) is 45.0 Å². The lowest BCUT2D eigenvalue weighted by Crippen LogP contribution is -2.32. The number of nitrogens with zero attached hydrogens (tertiary/aromatic N) is 1. The van der Waals surface area contributed by atoms with Crippen molar-refractivity contribution < 1.29 is 9.53 Å². The maximum atomic E-state index is 12.2. The van der Waals surface area contributed by atoms with Crippen molar-refractivity contribution in [1.82, 2.24) is 4.90 Å². The Morgan fingerprint density at radius 2 is 1.86 bits per heavy atom. The summed E-state index contributed by atoms with van der Waals surface area (Å²) in [5, 5.41) is 2.91. The third kappa shape index (κ3) is 6.10. The normalized spacial score (nSPS) is 15.6. The van der Waals surface area contributed by atoms with Gasteiger partial charge in [-0.15, -0.1) is 0 Å². The zero-order valence-electron chi connectivity index (χ0n) is 17.3. The number of carbonyl (C=O) groups excluding carboxylic acids is 1. The highest BCUT2D eigenvalue weighted by Gasteiger charge is 2.15. The van der Waals surface area contributed by atoms with E-state index >= 15 is 0 Å². The number of likely N-dealkylation sites (tertiary alicyclic amines) is 1. The molecule has 0 radical (unpaired) electrons. The second-order valence-corrected chi connectivity index (χ2v) is 8.22. The van der Waals surface area contributed by atoms with Crippen LogP contribution in [0, 0.1) is 5.92 Å². The number of hydrogen-bond acceptors (Lipinski definition) is 3. The van der Waals surface area contributed by atoms with Crippen LogP contribution in [0.2, 0.25) is 0 Å². The fraction of sp³-hybridized carbons (Fsp3) is 0.458. The molecule has 2 aromatic carbocycles. The minimum atomic E-state index is -0.146. The van der Waals surface area contributed by atoms with Crippen LogP contribution in [-0.4, -0.2) is 30.5 Å². The van der Waals surface area contributed by atoms with Crippen molar-refractivity contribution in [3.63, 3.8) is 0 Å². The molecule has 150 valence electrons. The Kier molecular flexibility index (Phi) is 7.10. The molecule has 0 aliphatic carbocycles. The number of nitrogens with one attached hydrogen (secondary N) is 1. The van der Waals surface area contributed by atoms with Crippen molar-refractivity contribution in [2.45, 2.75) is 46.1 Å². The lowest BCUT2D eigenvalue weighted by atomic mass is 9.99. The minimum absolute atomic E-state index is 0.00919. The Hall–Kier alpha value is -2.33. The first kappa shape index (κ1) is 20.4. The summed E-state index contributed by atoms with van der Waals surface area (Å²) in [4.78, 5) is 14.7. The van der Waals surface area contributed by atoms with Gasteiger partial charge in [-0.25, -0.2) is 0 Å². The Labute approximate surface area is 168 Å². The molecule has 1 fully saturated rings. The van der Waals surface area contributed by atoms with Crippen molar-refractivity contribution in [1.29, 1.82) is 0 Å². The molecule has 3 rings (SSSR count). The van der Waals surface area contributed by atoms with Gasteiger partial charge in [0.05, 0.1) is 0 Å². The summed E-state index contributed by atoms with van der Waals surface area (Å²) in [6, 6.07) is 16.1. The summed E-state index contributed by atoms with van der Waals surface area (Å²) in [5.41, 5.74) is 3.30. The van der Waals surface area contributed by atoms with Gasteiger partial charge in [-0.3, -0.25) is 9.69 Å². The number of carbonyl (C=O) groups is 1. The van der Waals surface area contributed by atoms with Gasteiger partial charge in [0.15, 0.2) is 6.61 Å². The molecule has 1 N–H and O–H groups in total. The molecule has 4 nitrogen and oxygen atoms in total. The molecule has 0 unspecified atom stereocenters. The summed E-state index contributed by atoms with van der Waals surface area (Å²) < 4.78 is 5.64. The van der Waals surface area contributed by atoms with Gasteiger partial charge in [0.2, 0.25) is 0 Å². The van der Waals surface area contributed by atoms with Crippen LogP contribution in [0.3, 0.4) is 0 Å². The lowest BCUT2D eigenvalue weighted by molar-refractivity contribution is -0.118. The highest BCUT2D eigenvalue weighted by molar-refractivity contribution is 5.91. The summed E-state index contributed by atoms with van der Waals surface area (Å²) >= 11 is 0. The second-order valence-electron chi connectivity index (χ2n) is 8.22. The first-order valence-corrected chi connectivity index (χ1v) is 10.3. The largest absolute Gasteiger partial charge is 0.484 e. The van der Waals surface area contributed by atoms with E-state index in [0.29, 0.717) is 5.92 Å².